The second-order valence-corrected chi connectivity index (χ2v) is 9.59. The van der Waals surface area contributed by atoms with Crippen molar-refractivity contribution in [3.05, 3.63) is 0 Å². The first-order chi connectivity index (χ1) is 13.4. The Morgan fingerprint density at radius 2 is 1.96 bits per heavy atom. The summed E-state index contributed by atoms with van der Waals surface area (Å²) in [5, 5.41) is 20.7. The zero-order valence-corrected chi connectivity index (χ0v) is 18.7. The molecule has 6 atom stereocenters. The van der Waals surface area contributed by atoms with Crippen LogP contribution < -0.4 is 0 Å². The molecule has 0 aromatic heterocycles. The smallest absolute Gasteiger partial charge is 0.305 e. The molecule has 0 radical (unpaired) electrons. The molecule has 1 aliphatic carbocycles. The highest BCUT2D eigenvalue weighted by Crippen LogP contribution is 2.43. The number of esters is 1. The maximum atomic E-state index is 11.5. The van der Waals surface area contributed by atoms with Crippen LogP contribution in [0.5, 0.6) is 0 Å². The molecule has 0 heterocycles. The van der Waals surface area contributed by atoms with Gasteiger partial charge in [-0.1, -0.05) is 46.0 Å². The maximum absolute atomic E-state index is 11.5. The highest BCUT2D eigenvalue weighted by molar-refractivity contribution is 8.00. The van der Waals surface area contributed by atoms with Crippen LogP contribution in [-0.4, -0.2) is 52.8 Å². The average molecular weight is 417 g/mol. The van der Waals surface area contributed by atoms with Gasteiger partial charge in [-0.15, -0.1) is 0 Å². The fourth-order valence-corrected chi connectivity index (χ4v) is 5.70. The quantitative estimate of drug-likeness (QED) is 0.239. The average Bonchev–Trinajstić information content (AvgIpc) is 2.98. The van der Waals surface area contributed by atoms with Gasteiger partial charge in [-0.3, -0.25) is 4.79 Å². The summed E-state index contributed by atoms with van der Waals surface area (Å²) in [6.45, 7) is 4.34. The summed E-state index contributed by atoms with van der Waals surface area (Å²) in [7, 11) is 1.41. The van der Waals surface area contributed by atoms with Crippen LogP contribution >= 0.6 is 11.8 Å². The molecule has 0 amide bonds. The molecule has 0 saturated heterocycles. The van der Waals surface area contributed by atoms with Crippen molar-refractivity contribution in [3.63, 3.8) is 0 Å². The van der Waals surface area contributed by atoms with E-state index in [0.717, 1.165) is 57.7 Å². The Kier molecular flexibility index (Phi) is 13.1. The Hall–Kier alpha value is -0.590. The minimum Gasteiger partial charge on any atom is -0.469 e. The number of hydrogen-bond donors (Lipinski definition) is 2. The van der Waals surface area contributed by atoms with E-state index < -0.39 is 6.10 Å². The molecule has 4 unspecified atom stereocenters. The third-order valence-electron chi connectivity index (χ3n) is 5.89. The van der Waals surface area contributed by atoms with E-state index >= 15 is 0 Å². The molecule has 1 saturated carbocycles. The van der Waals surface area contributed by atoms with Crippen molar-refractivity contribution in [1.29, 1.82) is 0 Å². The largest absolute Gasteiger partial charge is 0.469 e. The number of aldehydes is 1. The summed E-state index contributed by atoms with van der Waals surface area (Å²) >= 11 is 1.64. The molecular weight excluding hydrogens is 376 g/mol. The molecule has 0 aliphatic heterocycles. The number of carbonyl (C=O) groups excluding carboxylic acids is 2. The zero-order chi connectivity index (χ0) is 20.9. The molecule has 0 bridgehead atoms. The second kappa shape index (κ2) is 14.4. The number of methoxy groups -OCH3 is 1. The lowest BCUT2D eigenvalue weighted by Gasteiger charge is -2.27. The molecule has 0 aromatic carbocycles. The van der Waals surface area contributed by atoms with E-state index in [0.29, 0.717) is 24.5 Å². The molecule has 1 rings (SSSR count). The minimum atomic E-state index is -0.473. The van der Waals surface area contributed by atoms with Crippen molar-refractivity contribution in [2.24, 2.45) is 17.8 Å². The van der Waals surface area contributed by atoms with E-state index in [1.165, 1.54) is 7.11 Å². The van der Waals surface area contributed by atoms with Crippen molar-refractivity contribution in [3.8, 4) is 0 Å². The van der Waals surface area contributed by atoms with Crippen LogP contribution in [0.4, 0.5) is 0 Å². The summed E-state index contributed by atoms with van der Waals surface area (Å²) in [6, 6.07) is 0. The zero-order valence-electron chi connectivity index (χ0n) is 17.8. The van der Waals surface area contributed by atoms with Crippen molar-refractivity contribution >= 4 is 24.0 Å². The van der Waals surface area contributed by atoms with E-state index in [9.17, 15) is 19.8 Å². The van der Waals surface area contributed by atoms with E-state index in [1.54, 1.807) is 11.8 Å². The SMILES string of the molecule is CCCCCC(O)CS[C@H]1C(O)CC(C=O)[C@@H]1CC(C)CCCCC(=O)OC. The fourth-order valence-electron chi connectivity index (χ4n) is 4.20. The number of aliphatic hydroxyl groups excluding tert-OH is 2. The van der Waals surface area contributed by atoms with Crippen molar-refractivity contribution < 1.29 is 24.5 Å². The number of aliphatic hydroxyl groups is 2. The van der Waals surface area contributed by atoms with Gasteiger partial charge in [-0.2, -0.15) is 11.8 Å². The van der Waals surface area contributed by atoms with Crippen LogP contribution in [0.25, 0.3) is 0 Å². The molecule has 1 aliphatic rings. The van der Waals surface area contributed by atoms with Crippen LogP contribution in [0.15, 0.2) is 0 Å². The summed E-state index contributed by atoms with van der Waals surface area (Å²) < 4.78 is 4.67. The van der Waals surface area contributed by atoms with Gasteiger partial charge in [0.15, 0.2) is 0 Å². The third kappa shape index (κ3) is 9.27. The first-order valence-electron chi connectivity index (χ1n) is 10.9. The van der Waals surface area contributed by atoms with Crippen LogP contribution in [0, 0.1) is 17.8 Å². The lowest BCUT2D eigenvalue weighted by molar-refractivity contribution is -0.140. The molecule has 0 aromatic rings. The Labute approximate surface area is 175 Å². The predicted molar refractivity (Wildman–Crippen MR) is 114 cm³/mol. The molecule has 164 valence electrons. The molecule has 2 N–H and O–H groups in total. The molecule has 28 heavy (non-hydrogen) atoms. The Balaban J connectivity index is 2.47. The van der Waals surface area contributed by atoms with Gasteiger partial charge in [-0.25, -0.2) is 0 Å². The Bertz CT molecular complexity index is 445. The van der Waals surface area contributed by atoms with E-state index in [4.69, 9.17) is 0 Å². The van der Waals surface area contributed by atoms with Gasteiger partial charge in [0.2, 0.25) is 0 Å². The maximum Gasteiger partial charge on any atom is 0.305 e. The normalized spacial score (nSPS) is 26.8. The standard InChI is InChI=1S/C22H40O5S/c1-4-5-6-10-18(24)15-28-22-19(17(14-23)13-20(22)25)12-16(2)9-7-8-11-21(26)27-3/h14,16-20,22,24-25H,4-13,15H2,1-3H3/t16?,17?,18?,19-,20?,22+/m0/s1. The van der Waals surface area contributed by atoms with Gasteiger partial charge in [0.25, 0.3) is 0 Å². The Morgan fingerprint density at radius 1 is 1.25 bits per heavy atom. The van der Waals surface area contributed by atoms with E-state index in [1.807, 2.05) is 0 Å². The van der Waals surface area contributed by atoms with Crippen LogP contribution in [0.1, 0.15) is 78.1 Å². The van der Waals surface area contributed by atoms with Crippen molar-refractivity contribution in [2.75, 3.05) is 12.9 Å². The van der Waals surface area contributed by atoms with Gasteiger partial charge in [0, 0.05) is 23.3 Å². The third-order valence-corrected chi connectivity index (χ3v) is 7.52. The lowest BCUT2D eigenvalue weighted by Crippen LogP contribution is -2.27. The van der Waals surface area contributed by atoms with Gasteiger partial charge in [0.1, 0.15) is 6.29 Å². The Morgan fingerprint density at radius 3 is 2.61 bits per heavy atom. The van der Waals surface area contributed by atoms with Gasteiger partial charge >= 0.3 is 5.97 Å². The van der Waals surface area contributed by atoms with Gasteiger partial charge < -0.3 is 19.7 Å². The summed E-state index contributed by atoms with van der Waals surface area (Å²) in [5.74, 6) is 0.967. The topological polar surface area (TPSA) is 83.8 Å². The predicted octanol–water partition coefficient (Wildman–Crippen LogP) is 3.98. The second-order valence-electron chi connectivity index (χ2n) is 8.38. The summed E-state index contributed by atoms with van der Waals surface area (Å²) in [4.78, 5) is 22.7. The van der Waals surface area contributed by atoms with Gasteiger partial charge in [0.05, 0.1) is 19.3 Å². The molecule has 0 spiro atoms. The van der Waals surface area contributed by atoms with Gasteiger partial charge in [-0.05, 0) is 37.5 Å². The number of rotatable bonds is 15. The first-order valence-corrected chi connectivity index (χ1v) is 12.0. The fraction of sp³-hybridized carbons (Fsp3) is 0.909. The molecule has 6 heteroatoms. The summed E-state index contributed by atoms with van der Waals surface area (Å²) in [6.07, 6.45) is 9.01. The van der Waals surface area contributed by atoms with E-state index in [2.05, 4.69) is 18.6 Å². The number of hydrogen-bond acceptors (Lipinski definition) is 6. The summed E-state index contributed by atoms with van der Waals surface area (Å²) in [5.41, 5.74) is 0. The van der Waals surface area contributed by atoms with Crippen LogP contribution in [0.3, 0.4) is 0 Å². The highest BCUT2D eigenvalue weighted by Gasteiger charge is 2.43. The minimum absolute atomic E-state index is 0.0218. The first kappa shape index (κ1) is 25.4. The van der Waals surface area contributed by atoms with Crippen molar-refractivity contribution in [2.45, 2.75) is 95.5 Å². The lowest BCUT2D eigenvalue weighted by atomic mass is 9.86. The van der Waals surface area contributed by atoms with Crippen LogP contribution in [0.2, 0.25) is 0 Å². The molecule has 5 nitrogen and oxygen atoms in total. The molecular formula is C22H40O5S. The number of carbonyl (C=O) groups is 2. The number of thioether (sulfide) groups is 1. The number of unbranched alkanes of at least 4 members (excludes halogenated alkanes) is 3. The van der Waals surface area contributed by atoms with Crippen LogP contribution in [-0.2, 0) is 14.3 Å². The monoisotopic (exact) mass is 416 g/mol. The molecule has 1 fully saturated rings. The van der Waals surface area contributed by atoms with Crippen molar-refractivity contribution in [1.82, 2.24) is 0 Å². The number of ether oxygens (including phenoxy) is 1. The highest BCUT2D eigenvalue weighted by atomic mass is 32.2. The van der Waals surface area contributed by atoms with E-state index in [-0.39, 0.29) is 29.2 Å².